The van der Waals surface area contributed by atoms with Crippen molar-refractivity contribution in [3.8, 4) is 33.9 Å². The summed E-state index contributed by atoms with van der Waals surface area (Å²) in [5, 5.41) is 24.9. The Balaban J connectivity index is 1.01. The zero-order valence-corrected chi connectivity index (χ0v) is 31.8. The van der Waals surface area contributed by atoms with Gasteiger partial charge in [-0.15, -0.1) is 0 Å². The van der Waals surface area contributed by atoms with Gasteiger partial charge in [-0.3, -0.25) is 23.7 Å². The Bertz CT molecular complexity index is 2750. The van der Waals surface area contributed by atoms with Gasteiger partial charge in [-0.05, 0) is 116 Å². The average molecular weight is 785 g/mol. The van der Waals surface area contributed by atoms with Crippen LogP contribution in [-0.4, -0.2) is 52.0 Å². The first-order valence-electron chi connectivity index (χ1n) is 18.3. The number of nitrogens with one attached hydrogen (secondary N) is 1. The number of Topliss-reactive ketones (excluding diaryl/α,β-unsaturated/α-hetero) is 1. The van der Waals surface area contributed by atoms with E-state index in [1.807, 2.05) is 19.1 Å². The van der Waals surface area contributed by atoms with E-state index in [0.717, 1.165) is 10.9 Å². The van der Waals surface area contributed by atoms with Crippen LogP contribution in [0.25, 0.3) is 44.3 Å². The summed E-state index contributed by atoms with van der Waals surface area (Å²) >= 11 is 6.05. The molecule has 3 N–H and O–H groups in total. The summed E-state index contributed by atoms with van der Waals surface area (Å²) in [5.41, 5.74) is 3.83. The van der Waals surface area contributed by atoms with Crippen LogP contribution in [0.4, 0.5) is 0 Å². The van der Waals surface area contributed by atoms with Gasteiger partial charge in [0.2, 0.25) is 0 Å². The maximum absolute atomic E-state index is 13.6. The van der Waals surface area contributed by atoms with Gasteiger partial charge in [-0.25, -0.2) is 4.79 Å². The molecule has 288 valence electrons. The summed E-state index contributed by atoms with van der Waals surface area (Å²) in [6.07, 6.45) is 2.31. The van der Waals surface area contributed by atoms with Crippen LogP contribution < -0.4 is 15.5 Å². The number of benzene rings is 5. The topological polar surface area (TPSA) is 165 Å². The smallest absolute Gasteiger partial charge is 0.336 e. The third kappa shape index (κ3) is 7.87. The number of hydrogen-bond acceptors (Lipinski definition) is 8. The number of ether oxygens (including phenoxy) is 1. The summed E-state index contributed by atoms with van der Waals surface area (Å²) in [7, 11) is 1.56. The molecule has 0 bridgehead atoms. The maximum Gasteiger partial charge on any atom is 0.336 e. The number of unbranched alkanes of at least 4 members (excludes halogenated alkanes) is 2. The first-order chi connectivity index (χ1) is 27.4. The normalized spacial score (nSPS) is 11.3. The highest BCUT2D eigenvalue weighted by Gasteiger charge is 2.24. The van der Waals surface area contributed by atoms with Gasteiger partial charge in [-0.2, -0.15) is 0 Å². The Morgan fingerprint density at radius 1 is 0.825 bits per heavy atom. The van der Waals surface area contributed by atoms with Gasteiger partial charge < -0.3 is 24.7 Å². The number of carboxylic acid groups (broad SMARTS) is 1. The van der Waals surface area contributed by atoms with Gasteiger partial charge in [0.25, 0.3) is 11.8 Å². The Kier molecular flexibility index (Phi) is 10.9. The molecular formula is C45H37ClN2O9. The molecule has 57 heavy (non-hydrogen) atoms. The van der Waals surface area contributed by atoms with Crippen molar-refractivity contribution in [1.29, 1.82) is 0 Å². The van der Waals surface area contributed by atoms with Gasteiger partial charge in [0.1, 0.15) is 28.6 Å². The highest BCUT2D eigenvalue weighted by atomic mass is 35.5. The van der Waals surface area contributed by atoms with E-state index in [2.05, 4.69) is 5.32 Å². The molecule has 2 heterocycles. The summed E-state index contributed by atoms with van der Waals surface area (Å²) in [5.74, 6) is -1.09. The first kappa shape index (κ1) is 38.6. The van der Waals surface area contributed by atoms with Crippen LogP contribution in [0.3, 0.4) is 0 Å². The first-order valence-corrected chi connectivity index (χ1v) is 18.7. The van der Waals surface area contributed by atoms with Crippen molar-refractivity contribution in [2.75, 3.05) is 13.7 Å². The van der Waals surface area contributed by atoms with E-state index in [4.69, 9.17) is 20.8 Å². The highest BCUT2D eigenvalue weighted by Crippen LogP contribution is 2.42. The molecule has 2 aliphatic rings. The lowest BCUT2D eigenvalue weighted by Crippen LogP contribution is -2.24. The summed E-state index contributed by atoms with van der Waals surface area (Å²) < 4.78 is 13.0. The molecule has 5 aromatic rings. The number of phenolic OH excluding ortho intramolecular Hbond substituents is 1. The second-order valence-electron chi connectivity index (χ2n) is 13.8. The molecule has 0 fully saturated rings. The van der Waals surface area contributed by atoms with Gasteiger partial charge in [0.05, 0.1) is 18.2 Å². The largest absolute Gasteiger partial charge is 0.508 e. The minimum absolute atomic E-state index is 0.0180. The number of ketones is 1. The number of hydrogen-bond donors (Lipinski definition) is 3. The Morgan fingerprint density at radius 3 is 2.35 bits per heavy atom. The molecule has 0 unspecified atom stereocenters. The van der Waals surface area contributed by atoms with Crippen LogP contribution in [-0.2, 0) is 11.2 Å². The molecule has 0 atom stereocenters. The SMILES string of the molecule is COc1ccc2c(c1)c(CC(=O)CCCCCNC(=O)c1ccc(C(=O)O)c(-c3c4ccc(=O)cc-4oc4cc(O)ccc34)c1)c(C)n2C(=O)c1ccc(Cl)cc1. The monoisotopic (exact) mass is 784 g/mol. The number of fused-ring (bicyclic) bond motifs is 3. The summed E-state index contributed by atoms with van der Waals surface area (Å²) in [6.45, 7) is 2.16. The zero-order valence-electron chi connectivity index (χ0n) is 31.1. The number of phenols is 1. The Labute approximate surface area is 331 Å². The molecule has 12 heteroatoms. The molecule has 1 aliphatic heterocycles. The minimum atomic E-state index is -1.21. The van der Waals surface area contributed by atoms with Crippen LogP contribution in [0.15, 0.2) is 106 Å². The average Bonchev–Trinajstić information content (AvgIpc) is 3.46. The number of aromatic nitrogens is 1. The fourth-order valence-corrected chi connectivity index (χ4v) is 7.36. The van der Waals surface area contributed by atoms with Crippen LogP contribution in [0, 0.1) is 6.92 Å². The molecule has 0 saturated carbocycles. The lowest BCUT2D eigenvalue weighted by Gasteiger charge is -2.17. The standard InChI is InChI=1S/C45H37ClN2O9/c1-25-36(37-24-32(56-2)14-18-39(37)48(25)44(53)26-7-10-28(46)11-8-26)21-29(49)6-4-3-5-19-47-43(52)27-9-15-33(45(54)55)38(20-27)42-34-16-12-30(50)22-40(34)57-41-23-31(51)13-17-35(41)42/h7-18,20,22-24,50H,3-6,19,21H2,1-2H3,(H,47,52)(H,54,55). The van der Waals surface area contributed by atoms with Crippen molar-refractivity contribution >= 4 is 57.0 Å². The number of carbonyl (C=O) groups excluding carboxylic acids is 3. The van der Waals surface area contributed by atoms with E-state index in [1.54, 1.807) is 54.1 Å². The Hall–Kier alpha value is -6.72. The van der Waals surface area contributed by atoms with E-state index < -0.39 is 11.9 Å². The lowest BCUT2D eigenvalue weighted by molar-refractivity contribution is -0.118. The number of aromatic hydroxyl groups is 1. The molecular weight excluding hydrogens is 748 g/mol. The Morgan fingerprint density at radius 2 is 1.60 bits per heavy atom. The molecule has 11 nitrogen and oxygen atoms in total. The van der Waals surface area contributed by atoms with E-state index in [0.29, 0.717) is 76.3 Å². The second kappa shape index (κ2) is 16.2. The van der Waals surface area contributed by atoms with Gasteiger partial charge in [0.15, 0.2) is 5.43 Å². The summed E-state index contributed by atoms with van der Waals surface area (Å²) in [6, 6.07) is 25.0. The van der Waals surface area contributed by atoms with Crippen molar-refractivity contribution in [2.45, 2.75) is 39.0 Å². The molecule has 7 rings (SSSR count). The van der Waals surface area contributed by atoms with Crippen molar-refractivity contribution in [3.05, 3.63) is 140 Å². The number of carbonyl (C=O) groups is 4. The third-order valence-electron chi connectivity index (χ3n) is 10.1. The number of nitrogens with zero attached hydrogens (tertiary/aromatic N) is 1. The molecule has 4 aromatic carbocycles. The fraction of sp³-hybridized carbons (Fsp3) is 0.178. The maximum atomic E-state index is 13.6. The fourth-order valence-electron chi connectivity index (χ4n) is 7.24. The number of halogens is 1. The quantitative estimate of drug-likeness (QED) is 0.0766. The van der Waals surface area contributed by atoms with E-state index in [9.17, 15) is 34.2 Å². The molecule has 1 aliphatic carbocycles. The van der Waals surface area contributed by atoms with Crippen LogP contribution in [0.2, 0.25) is 5.02 Å². The molecule has 0 radical (unpaired) electrons. The van der Waals surface area contributed by atoms with Crippen molar-refractivity contribution in [1.82, 2.24) is 9.88 Å². The van der Waals surface area contributed by atoms with Gasteiger partial charge in [0, 0.05) is 75.3 Å². The van der Waals surface area contributed by atoms with Crippen LogP contribution in [0.1, 0.15) is 68.0 Å². The zero-order chi connectivity index (χ0) is 40.4. The van der Waals surface area contributed by atoms with Crippen molar-refractivity contribution < 1.29 is 38.5 Å². The van der Waals surface area contributed by atoms with E-state index in [-0.39, 0.29) is 57.3 Å². The van der Waals surface area contributed by atoms with E-state index in [1.165, 1.54) is 42.5 Å². The third-order valence-corrected chi connectivity index (χ3v) is 10.3. The number of methoxy groups -OCH3 is 1. The van der Waals surface area contributed by atoms with Crippen molar-refractivity contribution in [3.63, 3.8) is 0 Å². The number of amides is 1. The highest BCUT2D eigenvalue weighted by molar-refractivity contribution is 6.30. The molecule has 1 aromatic heterocycles. The predicted octanol–water partition coefficient (Wildman–Crippen LogP) is 8.68. The van der Waals surface area contributed by atoms with Gasteiger partial charge in [-0.1, -0.05) is 18.0 Å². The molecule has 0 saturated heterocycles. The van der Waals surface area contributed by atoms with E-state index >= 15 is 0 Å². The number of aromatic carboxylic acids is 1. The van der Waals surface area contributed by atoms with Crippen LogP contribution >= 0.6 is 11.6 Å². The van der Waals surface area contributed by atoms with Gasteiger partial charge >= 0.3 is 5.97 Å². The summed E-state index contributed by atoms with van der Waals surface area (Å²) in [4.78, 5) is 64.9. The second-order valence-corrected chi connectivity index (χ2v) is 14.2. The molecule has 1 amide bonds. The molecule has 0 spiro atoms. The van der Waals surface area contributed by atoms with Crippen molar-refractivity contribution in [2.24, 2.45) is 0 Å². The predicted molar refractivity (Wildman–Crippen MR) is 217 cm³/mol. The minimum Gasteiger partial charge on any atom is -0.508 e. The van der Waals surface area contributed by atoms with Crippen LogP contribution in [0.5, 0.6) is 11.5 Å². The number of rotatable bonds is 13. The lowest BCUT2D eigenvalue weighted by atomic mass is 9.89. The number of carboxylic acids is 1.